The van der Waals surface area contributed by atoms with E-state index in [2.05, 4.69) is 5.32 Å². The van der Waals surface area contributed by atoms with Crippen LogP contribution in [0.3, 0.4) is 0 Å². The maximum atomic E-state index is 13.9. The number of sulfonamides is 1. The maximum absolute atomic E-state index is 13.9. The number of carbonyl (C=O) groups is 2. The zero-order chi connectivity index (χ0) is 21.8. The SMILES string of the molecule is CN(CC(=O)NC(C)(C)C)CC(=O)N1CCN(S(=O)(=O)c2ccccc2F)CC1. The Balaban J connectivity index is 1.88. The van der Waals surface area contributed by atoms with Gasteiger partial charge in [0.1, 0.15) is 10.7 Å². The summed E-state index contributed by atoms with van der Waals surface area (Å²) in [4.78, 5) is 27.3. The van der Waals surface area contributed by atoms with Crippen molar-refractivity contribution >= 4 is 21.8 Å². The Morgan fingerprint density at radius 1 is 1.10 bits per heavy atom. The van der Waals surface area contributed by atoms with E-state index in [0.29, 0.717) is 0 Å². The number of benzene rings is 1. The Bertz CT molecular complexity index is 846. The third kappa shape index (κ3) is 6.48. The van der Waals surface area contributed by atoms with E-state index < -0.39 is 15.8 Å². The van der Waals surface area contributed by atoms with Gasteiger partial charge in [0, 0.05) is 31.7 Å². The summed E-state index contributed by atoms with van der Waals surface area (Å²) in [6.45, 7) is 6.40. The smallest absolute Gasteiger partial charge is 0.246 e. The summed E-state index contributed by atoms with van der Waals surface area (Å²) in [7, 11) is -2.26. The number of halogens is 1. The van der Waals surface area contributed by atoms with Crippen molar-refractivity contribution in [3.05, 3.63) is 30.1 Å². The maximum Gasteiger partial charge on any atom is 0.246 e. The lowest BCUT2D eigenvalue weighted by atomic mass is 10.1. The molecule has 1 aromatic rings. The largest absolute Gasteiger partial charge is 0.350 e. The highest BCUT2D eigenvalue weighted by Crippen LogP contribution is 2.20. The number of carbonyl (C=O) groups excluding carboxylic acids is 2. The highest BCUT2D eigenvalue weighted by molar-refractivity contribution is 7.89. The van der Waals surface area contributed by atoms with Gasteiger partial charge in [0.05, 0.1) is 13.1 Å². The van der Waals surface area contributed by atoms with Crippen molar-refractivity contribution in [3.63, 3.8) is 0 Å². The van der Waals surface area contributed by atoms with E-state index >= 15 is 0 Å². The van der Waals surface area contributed by atoms with E-state index in [1.165, 1.54) is 22.5 Å². The molecule has 2 rings (SSSR count). The molecule has 0 spiro atoms. The van der Waals surface area contributed by atoms with Crippen LogP contribution < -0.4 is 5.32 Å². The minimum Gasteiger partial charge on any atom is -0.350 e. The van der Waals surface area contributed by atoms with Crippen LogP contribution in [0, 0.1) is 5.82 Å². The van der Waals surface area contributed by atoms with Gasteiger partial charge < -0.3 is 10.2 Å². The van der Waals surface area contributed by atoms with E-state index in [1.807, 2.05) is 20.8 Å². The molecular formula is C19H29FN4O4S. The van der Waals surface area contributed by atoms with Crippen molar-refractivity contribution in [2.75, 3.05) is 46.3 Å². The molecule has 1 aromatic carbocycles. The Kier molecular flexibility index (Phi) is 7.36. The fourth-order valence-corrected chi connectivity index (χ4v) is 4.55. The fourth-order valence-electron chi connectivity index (χ4n) is 3.06. The van der Waals surface area contributed by atoms with Gasteiger partial charge in [-0.15, -0.1) is 0 Å². The van der Waals surface area contributed by atoms with Crippen LogP contribution in [0.5, 0.6) is 0 Å². The van der Waals surface area contributed by atoms with Crippen LogP contribution in [0.2, 0.25) is 0 Å². The molecule has 2 amide bonds. The molecule has 1 fully saturated rings. The number of hydrogen-bond acceptors (Lipinski definition) is 5. The van der Waals surface area contributed by atoms with Crippen LogP contribution in [0.4, 0.5) is 4.39 Å². The molecule has 29 heavy (non-hydrogen) atoms. The molecular weight excluding hydrogens is 399 g/mol. The summed E-state index contributed by atoms with van der Waals surface area (Å²) in [5.41, 5.74) is -0.345. The molecule has 1 heterocycles. The number of nitrogens with zero attached hydrogens (tertiary/aromatic N) is 3. The first-order valence-corrected chi connectivity index (χ1v) is 10.9. The molecule has 0 aliphatic carbocycles. The van der Waals surface area contributed by atoms with E-state index in [0.717, 1.165) is 6.07 Å². The zero-order valence-electron chi connectivity index (χ0n) is 17.3. The third-order valence-corrected chi connectivity index (χ3v) is 6.31. The number of nitrogens with one attached hydrogen (secondary N) is 1. The molecule has 1 saturated heterocycles. The summed E-state index contributed by atoms with van der Waals surface area (Å²) in [6.07, 6.45) is 0. The van der Waals surface area contributed by atoms with Gasteiger partial charge in [0.25, 0.3) is 0 Å². The van der Waals surface area contributed by atoms with Crippen molar-refractivity contribution in [1.29, 1.82) is 0 Å². The molecule has 0 unspecified atom stereocenters. The Morgan fingerprint density at radius 2 is 1.69 bits per heavy atom. The van der Waals surface area contributed by atoms with E-state index in [1.54, 1.807) is 16.8 Å². The van der Waals surface area contributed by atoms with Crippen LogP contribution in [-0.2, 0) is 19.6 Å². The lowest BCUT2D eigenvalue weighted by Gasteiger charge is -2.34. The third-order valence-electron chi connectivity index (χ3n) is 4.38. The van der Waals surface area contributed by atoms with Crippen LogP contribution in [0.25, 0.3) is 0 Å². The van der Waals surface area contributed by atoms with Gasteiger partial charge in [-0.3, -0.25) is 14.5 Å². The van der Waals surface area contributed by atoms with Gasteiger partial charge >= 0.3 is 0 Å². The van der Waals surface area contributed by atoms with Crippen molar-refractivity contribution < 1.29 is 22.4 Å². The monoisotopic (exact) mass is 428 g/mol. The topological polar surface area (TPSA) is 90.0 Å². The number of amides is 2. The zero-order valence-corrected chi connectivity index (χ0v) is 18.1. The van der Waals surface area contributed by atoms with Gasteiger partial charge in [-0.1, -0.05) is 12.1 Å². The van der Waals surface area contributed by atoms with Crippen LogP contribution >= 0.6 is 0 Å². The highest BCUT2D eigenvalue weighted by Gasteiger charge is 2.32. The van der Waals surface area contributed by atoms with Gasteiger partial charge in [-0.05, 0) is 40.0 Å². The minimum atomic E-state index is -3.94. The molecule has 0 saturated carbocycles. The Labute approximate surface area is 171 Å². The van der Waals surface area contributed by atoms with Gasteiger partial charge in [0.2, 0.25) is 21.8 Å². The summed E-state index contributed by atoms with van der Waals surface area (Å²) < 4.78 is 40.3. The second-order valence-corrected chi connectivity index (χ2v) is 10.1. The second kappa shape index (κ2) is 9.19. The molecule has 162 valence electrons. The lowest BCUT2D eigenvalue weighted by Crippen LogP contribution is -2.53. The highest BCUT2D eigenvalue weighted by atomic mass is 32.2. The van der Waals surface area contributed by atoms with Crippen LogP contribution in [-0.4, -0.2) is 86.2 Å². The van der Waals surface area contributed by atoms with Crippen LogP contribution in [0.15, 0.2) is 29.2 Å². The lowest BCUT2D eigenvalue weighted by molar-refractivity contribution is -0.133. The van der Waals surface area contributed by atoms with Crippen molar-refractivity contribution in [2.24, 2.45) is 0 Å². The first-order chi connectivity index (χ1) is 13.4. The van der Waals surface area contributed by atoms with E-state index in [-0.39, 0.29) is 61.5 Å². The molecule has 10 heteroatoms. The van der Waals surface area contributed by atoms with Gasteiger partial charge in [0.15, 0.2) is 0 Å². The second-order valence-electron chi connectivity index (χ2n) is 8.19. The molecule has 8 nitrogen and oxygen atoms in total. The molecule has 0 aromatic heterocycles. The van der Waals surface area contributed by atoms with Crippen molar-refractivity contribution in [3.8, 4) is 0 Å². The Hall–Kier alpha value is -2.04. The number of piperazine rings is 1. The first kappa shape index (κ1) is 23.2. The quantitative estimate of drug-likeness (QED) is 0.713. The minimum absolute atomic E-state index is 0.0532. The number of rotatable bonds is 6. The summed E-state index contributed by atoms with van der Waals surface area (Å²) in [6, 6.07) is 5.25. The van der Waals surface area contributed by atoms with Crippen molar-refractivity contribution in [1.82, 2.24) is 19.4 Å². The number of likely N-dealkylation sites (N-methyl/N-ethyl adjacent to an activating group) is 1. The predicted octanol–water partition coefficient (Wildman–Crippen LogP) is 0.505. The van der Waals surface area contributed by atoms with E-state index in [9.17, 15) is 22.4 Å². The molecule has 0 bridgehead atoms. The summed E-state index contributed by atoms with van der Waals surface area (Å²) in [5.74, 6) is -1.14. The van der Waals surface area contributed by atoms with Gasteiger partial charge in [-0.2, -0.15) is 4.31 Å². The fraction of sp³-hybridized carbons (Fsp3) is 0.579. The average Bonchev–Trinajstić information content (AvgIpc) is 2.60. The van der Waals surface area contributed by atoms with Gasteiger partial charge in [-0.25, -0.2) is 12.8 Å². The Morgan fingerprint density at radius 3 is 2.24 bits per heavy atom. The molecule has 1 aliphatic heterocycles. The molecule has 0 radical (unpaired) electrons. The average molecular weight is 429 g/mol. The predicted molar refractivity (Wildman–Crippen MR) is 107 cm³/mol. The normalized spacial score (nSPS) is 16.1. The first-order valence-electron chi connectivity index (χ1n) is 9.42. The number of hydrogen-bond donors (Lipinski definition) is 1. The molecule has 0 atom stereocenters. The van der Waals surface area contributed by atoms with Crippen LogP contribution in [0.1, 0.15) is 20.8 Å². The molecule has 1 N–H and O–H groups in total. The molecule has 1 aliphatic rings. The summed E-state index contributed by atoms with van der Waals surface area (Å²) >= 11 is 0. The van der Waals surface area contributed by atoms with Crippen molar-refractivity contribution in [2.45, 2.75) is 31.2 Å². The van der Waals surface area contributed by atoms with E-state index in [4.69, 9.17) is 0 Å². The summed E-state index contributed by atoms with van der Waals surface area (Å²) in [5, 5.41) is 2.84. The standard InChI is InChI=1S/C19H29FN4O4S/c1-19(2,3)21-17(25)13-22(4)14-18(26)23-9-11-24(12-10-23)29(27,28)16-8-6-5-7-15(16)20/h5-8H,9-14H2,1-4H3,(H,21,25).